The molecule has 0 aromatic carbocycles. The number of nitrogens with zero attached hydrogens (tertiary/aromatic N) is 1. The molecule has 1 aliphatic heterocycles. The van der Waals surface area contributed by atoms with Crippen molar-refractivity contribution in [1.29, 1.82) is 0 Å². The number of hydrogen-bond donors (Lipinski definition) is 0. The van der Waals surface area contributed by atoms with Gasteiger partial charge < -0.3 is 0 Å². The third-order valence-electron chi connectivity index (χ3n) is 9.88. The molecule has 5 rings (SSSR count). The van der Waals surface area contributed by atoms with Crippen molar-refractivity contribution in [3.8, 4) is 0 Å². The lowest BCUT2D eigenvalue weighted by Gasteiger charge is -2.57. The van der Waals surface area contributed by atoms with E-state index in [1.54, 1.807) is 5.57 Å². The maximum Gasteiger partial charge on any atom is 0.0337 e. The molecule has 5 aliphatic rings. The van der Waals surface area contributed by atoms with Gasteiger partial charge in [0.05, 0.1) is 0 Å². The smallest absolute Gasteiger partial charge is 0.0337 e. The van der Waals surface area contributed by atoms with E-state index in [0.29, 0.717) is 21.8 Å². The summed E-state index contributed by atoms with van der Waals surface area (Å²) in [5.41, 5.74) is 5.98. The molecule has 0 N–H and O–H groups in total. The summed E-state index contributed by atoms with van der Waals surface area (Å²) in [6, 6.07) is 0. The van der Waals surface area contributed by atoms with Crippen LogP contribution in [-0.2, 0) is 0 Å². The van der Waals surface area contributed by atoms with Gasteiger partial charge in [-0.05, 0) is 68.6 Å². The third-order valence-corrected chi connectivity index (χ3v) is 9.88. The largest absolute Gasteiger partial charge is 0.294 e. The fraction of sp³-hybridized carbons (Fsp3) is 0.909. The lowest BCUT2D eigenvalue weighted by atomic mass is 9.48. The van der Waals surface area contributed by atoms with E-state index in [9.17, 15) is 0 Å². The zero-order valence-electron chi connectivity index (χ0n) is 15.8. The van der Waals surface area contributed by atoms with E-state index >= 15 is 0 Å². The van der Waals surface area contributed by atoms with E-state index in [4.69, 9.17) is 0 Å². The van der Waals surface area contributed by atoms with Gasteiger partial charge in [0, 0.05) is 24.0 Å². The zero-order valence-corrected chi connectivity index (χ0v) is 15.8. The van der Waals surface area contributed by atoms with E-state index in [0.717, 1.165) is 5.92 Å². The van der Waals surface area contributed by atoms with Crippen molar-refractivity contribution in [2.75, 3.05) is 13.1 Å². The van der Waals surface area contributed by atoms with Crippen LogP contribution in [0.2, 0.25) is 0 Å². The lowest BCUT2D eigenvalue weighted by molar-refractivity contribution is -0.0790. The molecule has 0 aromatic heterocycles. The van der Waals surface area contributed by atoms with Crippen LogP contribution in [0.25, 0.3) is 0 Å². The van der Waals surface area contributed by atoms with Crippen molar-refractivity contribution in [1.82, 2.24) is 4.90 Å². The third kappa shape index (κ3) is 1.55. The van der Waals surface area contributed by atoms with Crippen LogP contribution in [-0.4, -0.2) is 23.5 Å². The first-order valence-corrected chi connectivity index (χ1v) is 10.3. The summed E-state index contributed by atoms with van der Waals surface area (Å²) in [5, 5.41) is 0. The number of allylic oxidation sites excluding steroid dienone is 2. The zero-order chi connectivity index (χ0) is 16.1. The Bertz CT molecular complexity index is 579. The summed E-state index contributed by atoms with van der Waals surface area (Å²) in [7, 11) is 0. The fourth-order valence-electron chi connectivity index (χ4n) is 8.15. The van der Waals surface area contributed by atoms with Gasteiger partial charge in [0.1, 0.15) is 0 Å². The molecule has 4 atom stereocenters. The Labute approximate surface area is 142 Å². The molecule has 1 heterocycles. The highest BCUT2D eigenvalue weighted by molar-refractivity contribution is 5.41. The standard InChI is InChI=1S/C22H35N/c1-16-7-12-22-17(2)8-11-20(13-18(16)22,19(22,3)4)14-23-15-21(23)9-5-6-10-21/h17H,5-15H2,1-4H3/t17-,20+,22-,23?/m1/s1. The lowest BCUT2D eigenvalue weighted by Crippen LogP contribution is -2.53. The summed E-state index contributed by atoms with van der Waals surface area (Å²) in [6.07, 6.45) is 13.2. The minimum atomic E-state index is 0.493. The molecule has 2 spiro atoms. The second-order valence-corrected chi connectivity index (χ2v) is 10.5. The second kappa shape index (κ2) is 4.26. The van der Waals surface area contributed by atoms with Crippen molar-refractivity contribution < 1.29 is 0 Å². The van der Waals surface area contributed by atoms with E-state index in [1.165, 1.54) is 70.9 Å². The Morgan fingerprint density at radius 1 is 1.09 bits per heavy atom. The first-order valence-electron chi connectivity index (χ1n) is 10.3. The molecule has 1 unspecified atom stereocenters. The molecule has 1 heteroatoms. The Morgan fingerprint density at radius 3 is 2.57 bits per heavy atom. The van der Waals surface area contributed by atoms with Crippen molar-refractivity contribution >= 4 is 0 Å². The van der Waals surface area contributed by atoms with Crippen LogP contribution >= 0.6 is 0 Å². The topological polar surface area (TPSA) is 3.01 Å². The average molecular weight is 314 g/mol. The van der Waals surface area contributed by atoms with Gasteiger partial charge in [-0.25, -0.2) is 0 Å². The minimum Gasteiger partial charge on any atom is -0.294 e. The first-order chi connectivity index (χ1) is 10.9. The quantitative estimate of drug-likeness (QED) is 0.476. The Balaban J connectivity index is 1.52. The molecule has 1 saturated heterocycles. The molecule has 0 radical (unpaired) electrons. The maximum absolute atomic E-state index is 2.92. The monoisotopic (exact) mass is 313 g/mol. The molecule has 3 saturated carbocycles. The van der Waals surface area contributed by atoms with Crippen LogP contribution in [0.3, 0.4) is 0 Å². The molecule has 0 aromatic rings. The number of rotatable bonds is 2. The highest BCUT2D eigenvalue weighted by Crippen LogP contribution is 2.77. The maximum atomic E-state index is 2.92. The van der Waals surface area contributed by atoms with Gasteiger partial charge in [0.2, 0.25) is 0 Å². The van der Waals surface area contributed by atoms with Gasteiger partial charge in [0.25, 0.3) is 0 Å². The predicted molar refractivity (Wildman–Crippen MR) is 96.4 cm³/mol. The molecular formula is C22H35N. The van der Waals surface area contributed by atoms with Crippen LogP contribution < -0.4 is 0 Å². The van der Waals surface area contributed by atoms with Gasteiger partial charge >= 0.3 is 0 Å². The summed E-state index contributed by atoms with van der Waals surface area (Å²) in [4.78, 5) is 2.92. The summed E-state index contributed by atoms with van der Waals surface area (Å²) < 4.78 is 0. The van der Waals surface area contributed by atoms with E-state index in [1.807, 2.05) is 5.57 Å². The molecule has 0 amide bonds. The van der Waals surface area contributed by atoms with Crippen LogP contribution in [0.15, 0.2) is 11.1 Å². The summed E-state index contributed by atoms with van der Waals surface area (Å²) in [6.45, 7) is 13.2. The average Bonchev–Trinajstić information content (AvgIpc) is 2.79. The van der Waals surface area contributed by atoms with Crippen molar-refractivity contribution in [2.45, 2.75) is 91.0 Å². The van der Waals surface area contributed by atoms with Gasteiger partial charge in [0.15, 0.2) is 0 Å². The fourth-order valence-corrected chi connectivity index (χ4v) is 8.15. The minimum absolute atomic E-state index is 0.493. The Hall–Kier alpha value is -0.300. The van der Waals surface area contributed by atoms with Gasteiger partial charge in [-0.2, -0.15) is 0 Å². The highest BCUT2D eigenvalue weighted by atomic mass is 15.4. The van der Waals surface area contributed by atoms with Gasteiger partial charge in [-0.1, -0.05) is 44.8 Å². The van der Waals surface area contributed by atoms with E-state index in [2.05, 4.69) is 32.6 Å². The molecule has 128 valence electrons. The van der Waals surface area contributed by atoms with Crippen LogP contribution in [0.4, 0.5) is 0 Å². The molecule has 23 heavy (non-hydrogen) atoms. The van der Waals surface area contributed by atoms with E-state index in [-0.39, 0.29) is 0 Å². The molecular weight excluding hydrogens is 278 g/mol. The van der Waals surface area contributed by atoms with Crippen LogP contribution in [0.5, 0.6) is 0 Å². The van der Waals surface area contributed by atoms with Gasteiger partial charge in [-0.15, -0.1) is 0 Å². The summed E-state index contributed by atoms with van der Waals surface area (Å²) >= 11 is 0. The highest BCUT2D eigenvalue weighted by Gasteiger charge is 2.71. The Morgan fingerprint density at radius 2 is 1.83 bits per heavy atom. The van der Waals surface area contributed by atoms with Crippen molar-refractivity contribution in [2.24, 2.45) is 22.2 Å². The van der Waals surface area contributed by atoms with Gasteiger partial charge in [-0.3, -0.25) is 4.90 Å². The number of fused-ring (bicyclic) bond motifs is 1. The molecule has 4 aliphatic carbocycles. The number of hydrogen-bond acceptors (Lipinski definition) is 1. The molecule has 4 fully saturated rings. The second-order valence-electron chi connectivity index (χ2n) is 10.5. The molecule has 2 bridgehead atoms. The SMILES string of the molecule is CC1=C2C[C@]3(CN4CC45CCCC5)CC[C@@H](C)[C@@]2(CC1)C3(C)C. The normalized spacial score (nSPS) is 49.0. The van der Waals surface area contributed by atoms with Crippen LogP contribution in [0, 0.1) is 22.2 Å². The first kappa shape index (κ1) is 15.0. The Kier molecular flexibility index (Phi) is 2.78. The van der Waals surface area contributed by atoms with Crippen LogP contribution in [0.1, 0.15) is 85.5 Å². The van der Waals surface area contributed by atoms with Crippen molar-refractivity contribution in [3.05, 3.63) is 11.1 Å². The predicted octanol–water partition coefficient (Wildman–Crippen LogP) is 5.56. The van der Waals surface area contributed by atoms with E-state index < -0.39 is 0 Å². The van der Waals surface area contributed by atoms with Crippen molar-refractivity contribution in [3.63, 3.8) is 0 Å². The molecule has 1 nitrogen and oxygen atoms in total. The summed E-state index contributed by atoms with van der Waals surface area (Å²) in [5.74, 6) is 0.898.